The van der Waals surface area contributed by atoms with Crippen LogP contribution in [-0.2, 0) is 6.54 Å². The van der Waals surface area contributed by atoms with Gasteiger partial charge in [-0.25, -0.2) is 0 Å². The molecule has 3 aromatic rings. The van der Waals surface area contributed by atoms with E-state index in [0.29, 0.717) is 5.69 Å². The molecule has 5 heteroatoms. The summed E-state index contributed by atoms with van der Waals surface area (Å²) in [5, 5.41) is 11.6. The van der Waals surface area contributed by atoms with Crippen molar-refractivity contribution in [1.29, 1.82) is 0 Å². The molecule has 2 heterocycles. The summed E-state index contributed by atoms with van der Waals surface area (Å²) < 4.78 is 2.00. The van der Waals surface area contributed by atoms with Crippen molar-refractivity contribution < 1.29 is 0 Å². The summed E-state index contributed by atoms with van der Waals surface area (Å²) in [6.45, 7) is 4.80. The average Bonchev–Trinajstić information content (AvgIpc) is 2.96. The molecule has 0 radical (unpaired) electrons. The van der Waals surface area contributed by atoms with Gasteiger partial charge in [0.1, 0.15) is 0 Å². The smallest absolute Gasteiger partial charge is 0.0917 e. The second-order valence-electron chi connectivity index (χ2n) is 4.89. The monoisotopic (exact) mass is 267 g/mol. The number of anilines is 1. The van der Waals surface area contributed by atoms with Crippen molar-refractivity contribution in [3.05, 3.63) is 53.5 Å². The molecular formula is C15H17N5. The molecule has 0 bridgehead atoms. The van der Waals surface area contributed by atoms with Crippen molar-refractivity contribution in [2.75, 3.05) is 5.73 Å². The molecule has 0 fully saturated rings. The summed E-state index contributed by atoms with van der Waals surface area (Å²) >= 11 is 0. The van der Waals surface area contributed by atoms with Gasteiger partial charge < -0.3 is 5.73 Å². The summed E-state index contributed by atoms with van der Waals surface area (Å²) in [4.78, 5) is 0. The minimum atomic E-state index is 0.649. The van der Waals surface area contributed by atoms with Crippen LogP contribution in [0.4, 0.5) is 5.69 Å². The second-order valence-corrected chi connectivity index (χ2v) is 4.89. The topological polar surface area (TPSA) is 72.5 Å². The molecule has 5 nitrogen and oxygen atoms in total. The van der Waals surface area contributed by atoms with Gasteiger partial charge in [-0.2, -0.15) is 10.2 Å². The number of nitrogen functional groups attached to an aromatic ring is 1. The predicted molar refractivity (Wildman–Crippen MR) is 79.2 cm³/mol. The summed E-state index contributed by atoms with van der Waals surface area (Å²) in [6.07, 6.45) is 1.63. The molecule has 0 atom stereocenters. The van der Waals surface area contributed by atoms with Gasteiger partial charge in [-0.15, -0.1) is 0 Å². The molecule has 0 saturated heterocycles. The van der Waals surface area contributed by atoms with Gasteiger partial charge in [0.05, 0.1) is 29.8 Å². The Morgan fingerprint density at radius 1 is 1.20 bits per heavy atom. The maximum Gasteiger partial charge on any atom is 0.0917 e. The number of hydrogen-bond acceptors (Lipinski definition) is 3. The Labute approximate surface area is 117 Å². The lowest BCUT2D eigenvalue weighted by molar-refractivity contribution is 0.659. The van der Waals surface area contributed by atoms with E-state index in [9.17, 15) is 0 Å². The lowest BCUT2D eigenvalue weighted by Crippen LogP contribution is -2.03. The van der Waals surface area contributed by atoms with Crippen LogP contribution in [-0.4, -0.2) is 20.0 Å². The molecule has 1 aromatic carbocycles. The molecular weight excluding hydrogens is 250 g/mol. The quantitative estimate of drug-likeness (QED) is 0.766. The SMILES string of the molecule is Cc1nn(Cc2ccccc2)c(C)c1-c1[nH]ncc1N. The maximum absolute atomic E-state index is 5.94. The van der Waals surface area contributed by atoms with E-state index in [1.54, 1.807) is 6.20 Å². The van der Waals surface area contributed by atoms with Crippen molar-refractivity contribution in [2.45, 2.75) is 20.4 Å². The normalized spacial score (nSPS) is 10.9. The van der Waals surface area contributed by atoms with E-state index >= 15 is 0 Å². The summed E-state index contributed by atoms with van der Waals surface area (Å²) in [7, 11) is 0. The first-order valence-electron chi connectivity index (χ1n) is 6.54. The van der Waals surface area contributed by atoms with Gasteiger partial charge >= 0.3 is 0 Å². The molecule has 0 aliphatic carbocycles. The summed E-state index contributed by atoms with van der Waals surface area (Å²) in [5.74, 6) is 0. The molecule has 0 aliphatic heterocycles. The zero-order valence-electron chi connectivity index (χ0n) is 11.6. The first kappa shape index (κ1) is 12.5. The number of nitrogens with two attached hydrogens (primary N) is 1. The highest BCUT2D eigenvalue weighted by molar-refractivity contribution is 5.75. The van der Waals surface area contributed by atoms with Crippen LogP contribution < -0.4 is 5.73 Å². The number of H-pyrrole nitrogens is 1. The third-order valence-corrected chi connectivity index (χ3v) is 3.48. The van der Waals surface area contributed by atoms with Gasteiger partial charge in [0.2, 0.25) is 0 Å². The van der Waals surface area contributed by atoms with Crippen LogP contribution in [0.25, 0.3) is 11.3 Å². The third kappa shape index (κ3) is 2.07. The van der Waals surface area contributed by atoms with Gasteiger partial charge in [0.15, 0.2) is 0 Å². The number of benzene rings is 1. The van der Waals surface area contributed by atoms with E-state index in [-0.39, 0.29) is 0 Å². The van der Waals surface area contributed by atoms with Gasteiger partial charge in [0, 0.05) is 11.3 Å². The molecule has 0 aliphatic rings. The molecule has 0 saturated carbocycles. The zero-order valence-corrected chi connectivity index (χ0v) is 11.6. The van der Waals surface area contributed by atoms with Crippen LogP contribution in [0, 0.1) is 13.8 Å². The van der Waals surface area contributed by atoms with Crippen molar-refractivity contribution in [3.8, 4) is 11.3 Å². The Morgan fingerprint density at radius 2 is 1.95 bits per heavy atom. The first-order chi connectivity index (χ1) is 9.66. The number of aromatic amines is 1. The highest BCUT2D eigenvalue weighted by Gasteiger charge is 2.16. The Balaban J connectivity index is 2.01. The molecule has 0 amide bonds. The van der Waals surface area contributed by atoms with Crippen LogP contribution in [0.1, 0.15) is 17.0 Å². The molecule has 102 valence electrons. The standard InChI is InChI=1S/C15H17N5/c1-10-14(15-13(16)8-17-18-15)11(2)20(19-10)9-12-6-4-3-5-7-12/h3-8H,9,16H2,1-2H3,(H,17,18). The average molecular weight is 267 g/mol. The highest BCUT2D eigenvalue weighted by atomic mass is 15.3. The van der Waals surface area contributed by atoms with Crippen molar-refractivity contribution in [2.24, 2.45) is 0 Å². The Kier molecular flexibility index (Phi) is 3.02. The van der Waals surface area contributed by atoms with E-state index in [2.05, 4.69) is 34.4 Å². The summed E-state index contributed by atoms with van der Waals surface area (Å²) in [5.41, 5.74) is 11.7. The van der Waals surface area contributed by atoms with Gasteiger partial charge in [-0.3, -0.25) is 9.78 Å². The molecule has 3 N–H and O–H groups in total. The minimum absolute atomic E-state index is 0.649. The molecule has 0 unspecified atom stereocenters. The number of aryl methyl sites for hydroxylation is 1. The predicted octanol–water partition coefficient (Wildman–Crippen LogP) is 2.52. The summed E-state index contributed by atoms with van der Waals surface area (Å²) in [6, 6.07) is 10.3. The number of nitrogens with one attached hydrogen (secondary N) is 1. The first-order valence-corrected chi connectivity index (χ1v) is 6.54. The van der Waals surface area contributed by atoms with E-state index < -0.39 is 0 Å². The van der Waals surface area contributed by atoms with E-state index in [4.69, 9.17) is 5.73 Å². The van der Waals surface area contributed by atoms with Crippen molar-refractivity contribution in [1.82, 2.24) is 20.0 Å². The Hall–Kier alpha value is -2.56. The Bertz CT molecular complexity index is 724. The fourth-order valence-corrected chi connectivity index (χ4v) is 2.46. The highest BCUT2D eigenvalue weighted by Crippen LogP contribution is 2.29. The van der Waals surface area contributed by atoms with E-state index in [1.807, 2.05) is 29.8 Å². The number of hydrogen-bond donors (Lipinski definition) is 2. The van der Waals surface area contributed by atoms with E-state index in [0.717, 1.165) is 29.2 Å². The van der Waals surface area contributed by atoms with Crippen LogP contribution in [0.2, 0.25) is 0 Å². The lowest BCUT2D eigenvalue weighted by Gasteiger charge is -2.05. The van der Waals surface area contributed by atoms with Gasteiger partial charge in [-0.1, -0.05) is 30.3 Å². The van der Waals surface area contributed by atoms with Crippen LogP contribution >= 0.6 is 0 Å². The number of rotatable bonds is 3. The van der Waals surface area contributed by atoms with Gasteiger partial charge in [-0.05, 0) is 19.4 Å². The Morgan fingerprint density at radius 3 is 2.60 bits per heavy atom. The van der Waals surface area contributed by atoms with Crippen LogP contribution in [0.15, 0.2) is 36.5 Å². The molecule has 20 heavy (non-hydrogen) atoms. The van der Waals surface area contributed by atoms with E-state index in [1.165, 1.54) is 5.56 Å². The zero-order chi connectivity index (χ0) is 14.1. The fourth-order valence-electron chi connectivity index (χ4n) is 2.46. The van der Waals surface area contributed by atoms with Gasteiger partial charge in [0.25, 0.3) is 0 Å². The fraction of sp³-hybridized carbons (Fsp3) is 0.200. The maximum atomic E-state index is 5.94. The van der Waals surface area contributed by atoms with Crippen LogP contribution in [0.5, 0.6) is 0 Å². The molecule has 0 spiro atoms. The largest absolute Gasteiger partial charge is 0.396 e. The van der Waals surface area contributed by atoms with Crippen molar-refractivity contribution >= 4 is 5.69 Å². The third-order valence-electron chi connectivity index (χ3n) is 3.48. The lowest BCUT2D eigenvalue weighted by atomic mass is 10.1. The van der Waals surface area contributed by atoms with Crippen LogP contribution in [0.3, 0.4) is 0 Å². The minimum Gasteiger partial charge on any atom is -0.396 e. The molecule has 3 rings (SSSR count). The van der Waals surface area contributed by atoms with Crippen molar-refractivity contribution in [3.63, 3.8) is 0 Å². The number of aromatic nitrogens is 4. The molecule has 2 aromatic heterocycles. The second kappa shape index (κ2) is 4.85. The number of nitrogens with zero attached hydrogens (tertiary/aromatic N) is 3.